The fourth-order valence-electron chi connectivity index (χ4n) is 1.02. The van der Waals surface area contributed by atoms with Crippen LogP contribution in [0.5, 0.6) is 0 Å². The number of hydrogen-bond donors (Lipinski definition) is 3. The lowest BCUT2D eigenvalue weighted by atomic mass is 10.5. The Morgan fingerprint density at radius 1 is 1.36 bits per heavy atom. The van der Waals surface area contributed by atoms with Gasteiger partial charge in [0.05, 0.1) is 0 Å². The summed E-state index contributed by atoms with van der Waals surface area (Å²) in [6.45, 7) is 0. The zero-order valence-corrected chi connectivity index (χ0v) is 6.64. The molecule has 2 aromatic rings. The number of nitrogens with two attached hydrogens (primary N) is 1. The van der Waals surface area contributed by atoms with Gasteiger partial charge in [0, 0.05) is 0 Å². The maximum atomic E-state index is 11.4. The Kier molecular flexibility index (Phi) is 1.47. The van der Waals surface area contributed by atoms with Crippen LogP contribution in [0, 0.1) is 0 Å². The van der Waals surface area contributed by atoms with Crippen LogP contribution in [-0.2, 0) is 0 Å². The van der Waals surface area contributed by atoms with Gasteiger partial charge in [0.25, 0.3) is 5.56 Å². The van der Waals surface area contributed by atoms with Gasteiger partial charge in [0.15, 0.2) is 11.2 Å². The van der Waals surface area contributed by atoms with Gasteiger partial charge in [-0.05, 0) is 0 Å². The van der Waals surface area contributed by atoms with Crippen LogP contribution in [0.25, 0.3) is 11.2 Å². The number of H-pyrrole nitrogens is 2. The largest absolute Gasteiger partial charge is 0.351 e. The summed E-state index contributed by atoms with van der Waals surface area (Å²) in [6.07, 6.45) is 0. The summed E-state index contributed by atoms with van der Waals surface area (Å²) in [6, 6.07) is -1.17. The molecule has 0 atom stereocenters. The molecule has 0 fully saturated rings. The van der Waals surface area contributed by atoms with E-state index in [0.29, 0.717) is 0 Å². The third-order valence-electron chi connectivity index (χ3n) is 1.60. The third kappa shape index (κ3) is 0.920. The molecule has 0 aliphatic heterocycles. The van der Waals surface area contributed by atoms with E-state index in [1.54, 1.807) is 0 Å². The van der Waals surface area contributed by atoms with Crippen LogP contribution < -0.4 is 17.0 Å². The number of aromatic nitrogens is 5. The number of fused-ring (bicyclic) bond motifs is 1. The number of nitrogens with zero attached hydrogens (tertiary/aromatic N) is 3. The van der Waals surface area contributed by atoms with E-state index in [2.05, 4.69) is 20.4 Å². The Balaban J connectivity index is 3.05. The number of amides is 1. The molecule has 0 spiro atoms. The molecule has 1 amide bonds. The van der Waals surface area contributed by atoms with E-state index in [1.807, 2.05) is 0 Å². The molecule has 0 radical (unpaired) electrons. The van der Waals surface area contributed by atoms with Crippen molar-refractivity contribution < 1.29 is 4.79 Å². The smallest absolute Gasteiger partial charge is 0.338 e. The van der Waals surface area contributed by atoms with Crippen LogP contribution in [0.3, 0.4) is 0 Å². The van der Waals surface area contributed by atoms with Crippen molar-refractivity contribution in [3.05, 3.63) is 20.8 Å². The minimum Gasteiger partial charge on any atom is -0.351 e. The Hall–Kier alpha value is -2.45. The molecule has 0 aliphatic carbocycles. The molecule has 14 heavy (non-hydrogen) atoms. The van der Waals surface area contributed by atoms with Gasteiger partial charge in [0.1, 0.15) is 0 Å². The molecule has 0 saturated carbocycles. The van der Waals surface area contributed by atoms with Gasteiger partial charge < -0.3 is 5.73 Å². The second-order valence-electron chi connectivity index (χ2n) is 2.43. The van der Waals surface area contributed by atoms with Crippen molar-refractivity contribution in [2.45, 2.75) is 0 Å². The van der Waals surface area contributed by atoms with E-state index in [-0.39, 0.29) is 15.7 Å². The first kappa shape index (κ1) is 8.16. The minimum atomic E-state index is -1.17. The average Bonchev–Trinajstić information content (AvgIpc) is 2.50. The Morgan fingerprint density at radius 3 is 2.71 bits per heavy atom. The summed E-state index contributed by atoms with van der Waals surface area (Å²) in [5.41, 5.74) is 2.82. The minimum absolute atomic E-state index is 0.0162. The van der Waals surface area contributed by atoms with Gasteiger partial charge in [-0.3, -0.25) is 9.78 Å². The highest BCUT2D eigenvalue weighted by Crippen LogP contribution is 1.91. The molecule has 0 unspecified atom stereocenters. The maximum Gasteiger partial charge on any atom is 0.338 e. The van der Waals surface area contributed by atoms with Crippen LogP contribution in [0.15, 0.2) is 9.59 Å². The molecule has 0 saturated heterocycles. The topological polar surface area (TPSA) is 140 Å². The first-order valence-corrected chi connectivity index (χ1v) is 3.47. The highest BCUT2D eigenvalue weighted by Gasteiger charge is 2.13. The van der Waals surface area contributed by atoms with Crippen molar-refractivity contribution >= 4 is 17.2 Å². The maximum absolute atomic E-state index is 11.4. The van der Waals surface area contributed by atoms with Gasteiger partial charge in [-0.2, -0.15) is 9.78 Å². The quantitative estimate of drug-likeness (QED) is 0.436. The molecule has 9 heteroatoms. The van der Waals surface area contributed by atoms with E-state index in [9.17, 15) is 14.4 Å². The van der Waals surface area contributed by atoms with Gasteiger partial charge in [0.2, 0.25) is 0 Å². The summed E-state index contributed by atoms with van der Waals surface area (Å²) in [5.74, 6) is 0. The molecule has 72 valence electrons. The Labute approximate surface area is 74.5 Å². The van der Waals surface area contributed by atoms with Crippen molar-refractivity contribution in [2.24, 2.45) is 5.73 Å². The molecule has 2 rings (SSSR count). The fourth-order valence-corrected chi connectivity index (χ4v) is 1.02. The first-order valence-electron chi connectivity index (χ1n) is 3.47. The summed E-state index contributed by atoms with van der Waals surface area (Å²) >= 11 is 0. The number of primary amides is 1. The van der Waals surface area contributed by atoms with Gasteiger partial charge in [-0.1, -0.05) is 0 Å². The number of rotatable bonds is 0. The molecule has 2 heterocycles. The summed E-state index contributed by atoms with van der Waals surface area (Å²) in [4.78, 5) is 35.4. The number of hydrogen-bond acceptors (Lipinski definition) is 5. The van der Waals surface area contributed by atoms with Crippen molar-refractivity contribution in [2.75, 3.05) is 0 Å². The number of carbonyl (C=O) groups is 1. The number of aromatic amines is 2. The van der Waals surface area contributed by atoms with Crippen molar-refractivity contribution in [1.29, 1.82) is 0 Å². The van der Waals surface area contributed by atoms with E-state index in [4.69, 9.17) is 5.73 Å². The molecular weight excluding hydrogens is 192 g/mol. The number of carbonyl (C=O) groups excluding carboxylic acids is 1. The Morgan fingerprint density at radius 2 is 2.07 bits per heavy atom. The zero-order chi connectivity index (χ0) is 10.3. The highest BCUT2D eigenvalue weighted by molar-refractivity contribution is 5.77. The molecule has 9 nitrogen and oxygen atoms in total. The van der Waals surface area contributed by atoms with E-state index >= 15 is 0 Å². The standard InChI is InChI=1S/C5H4N6O3/c6-4(13)11-3(12)1-2(7-5(11)14)9-10-8-1/h(H2,6,13)(H2,7,8,9,10,14). The second kappa shape index (κ2) is 2.52. The predicted octanol–water partition coefficient (Wildman–Crippen LogP) is -2.27. The first-order chi connectivity index (χ1) is 6.61. The molecule has 0 aliphatic rings. The molecular formula is C5H4N6O3. The third-order valence-corrected chi connectivity index (χ3v) is 1.60. The molecule has 0 bridgehead atoms. The summed E-state index contributed by atoms with van der Waals surface area (Å²) < 4.78 is 0.241. The van der Waals surface area contributed by atoms with Crippen molar-refractivity contribution in [3.63, 3.8) is 0 Å². The summed E-state index contributed by atoms with van der Waals surface area (Å²) in [5, 5.41) is 9.08. The van der Waals surface area contributed by atoms with Crippen LogP contribution in [-0.4, -0.2) is 31.0 Å². The van der Waals surface area contributed by atoms with Crippen molar-refractivity contribution in [1.82, 2.24) is 25.0 Å². The highest BCUT2D eigenvalue weighted by atomic mass is 16.2. The number of nitrogens with one attached hydrogen (secondary N) is 2. The predicted molar refractivity (Wildman–Crippen MR) is 43.8 cm³/mol. The SMILES string of the molecule is NC(=O)n1c(=O)[nH]c2n[nH]nc2c1=O. The fraction of sp³-hybridized carbons (Fsp3) is 0. The lowest BCUT2D eigenvalue weighted by molar-refractivity contribution is 0.248. The van der Waals surface area contributed by atoms with E-state index < -0.39 is 17.3 Å². The molecule has 0 aromatic carbocycles. The molecule has 4 N–H and O–H groups in total. The monoisotopic (exact) mass is 196 g/mol. The average molecular weight is 196 g/mol. The van der Waals surface area contributed by atoms with Crippen LogP contribution in [0.1, 0.15) is 0 Å². The second-order valence-corrected chi connectivity index (χ2v) is 2.43. The lowest BCUT2D eigenvalue weighted by Gasteiger charge is -1.95. The van der Waals surface area contributed by atoms with E-state index in [1.165, 1.54) is 0 Å². The summed E-state index contributed by atoms with van der Waals surface area (Å²) in [7, 11) is 0. The van der Waals surface area contributed by atoms with Gasteiger partial charge >= 0.3 is 11.7 Å². The Bertz CT molecular complexity index is 618. The van der Waals surface area contributed by atoms with Gasteiger partial charge in [-0.15, -0.1) is 10.2 Å². The lowest BCUT2D eigenvalue weighted by Crippen LogP contribution is -2.42. The normalized spacial score (nSPS) is 10.6. The van der Waals surface area contributed by atoms with Crippen LogP contribution in [0.4, 0.5) is 4.79 Å². The van der Waals surface area contributed by atoms with Crippen LogP contribution in [0.2, 0.25) is 0 Å². The molecule has 2 aromatic heterocycles. The van der Waals surface area contributed by atoms with Crippen molar-refractivity contribution in [3.8, 4) is 0 Å². The van der Waals surface area contributed by atoms with Gasteiger partial charge in [-0.25, -0.2) is 9.59 Å². The zero-order valence-electron chi connectivity index (χ0n) is 6.64. The van der Waals surface area contributed by atoms with Crippen LogP contribution >= 0.6 is 0 Å². The van der Waals surface area contributed by atoms with E-state index in [0.717, 1.165) is 0 Å².